The molecule has 0 bridgehead atoms. The first-order valence-electron chi connectivity index (χ1n) is 9.55. The first kappa shape index (κ1) is 17.3. The predicted molar refractivity (Wildman–Crippen MR) is 99.6 cm³/mol. The Morgan fingerprint density at radius 3 is 2.69 bits per heavy atom. The summed E-state index contributed by atoms with van der Waals surface area (Å²) in [7, 11) is 0. The lowest BCUT2D eigenvalue weighted by molar-refractivity contribution is -0.167. The Balaban J connectivity index is 1.35. The molecule has 4 rings (SSSR count). The van der Waals surface area contributed by atoms with Gasteiger partial charge in [-0.2, -0.15) is 0 Å². The second-order valence-electron chi connectivity index (χ2n) is 7.86. The van der Waals surface area contributed by atoms with E-state index in [9.17, 15) is 4.79 Å². The number of hydrogen-bond donors (Lipinski definition) is 0. The molecule has 5 heteroatoms. The van der Waals surface area contributed by atoms with Crippen LogP contribution in [0.5, 0.6) is 0 Å². The highest BCUT2D eigenvalue weighted by Gasteiger charge is 2.53. The number of amides is 1. The van der Waals surface area contributed by atoms with E-state index in [0.717, 1.165) is 62.5 Å². The van der Waals surface area contributed by atoms with Crippen LogP contribution in [0.1, 0.15) is 35.4 Å². The normalized spacial score (nSPS) is 23.5. The van der Waals surface area contributed by atoms with Gasteiger partial charge in [-0.3, -0.25) is 4.79 Å². The first-order chi connectivity index (χ1) is 12.6. The van der Waals surface area contributed by atoms with Crippen molar-refractivity contribution in [2.75, 3.05) is 26.2 Å². The van der Waals surface area contributed by atoms with Gasteiger partial charge in [0.25, 0.3) is 0 Å². The van der Waals surface area contributed by atoms with Crippen molar-refractivity contribution in [2.45, 2.75) is 39.7 Å². The monoisotopic (exact) mass is 353 g/mol. The van der Waals surface area contributed by atoms with Gasteiger partial charge in [0.1, 0.15) is 5.76 Å². The van der Waals surface area contributed by atoms with E-state index in [1.54, 1.807) is 0 Å². The van der Waals surface area contributed by atoms with Gasteiger partial charge < -0.3 is 14.3 Å². The van der Waals surface area contributed by atoms with E-state index in [1.807, 2.05) is 18.7 Å². The molecule has 2 saturated heterocycles. The Kier molecular flexibility index (Phi) is 4.57. The maximum absolute atomic E-state index is 13.0. The number of piperidine rings is 1. The summed E-state index contributed by atoms with van der Waals surface area (Å²) in [6, 6.07) is 10.6. The van der Waals surface area contributed by atoms with Crippen LogP contribution in [-0.2, 0) is 17.8 Å². The fourth-order valence-electron chi connectivity index (χ4n) is 4.45. The van der Waals surface area contributed by atoms with Crippen LogP contribution in [-0.4, -0.2) is 47.0 Å². The molecule has 2 aromatic rings. The number of aryl methyl sites for hydroxylation is 2. The second-order valence-corrected chi connectivity index (χ2v) is 7.86. The summed E-state index contributed by atoms with van der Waals surface area (Å²) < 4.78 is 5.23. The van der Waals surface area contributed by atoms with Gasteiger partial charge in [0.05, 0.1) is 17.7 Å². The summed E-state index contributed by atoms with van der Waals surface area (Å²) in [5.74, 6) is 1.13. The van der Waals surface area contributed by atoms with Crippen molar-refractivity contribution in [1.82, 2.24) is 15.0 Å². The van der Waals surface area contributed by atoms with Crippen LogP contribution >= 0.6 is 0 Å². The van der Waals surface area contributed by atoms with Gasteiger partial charge in [0.2, 0.25) is 5.91 Å². The molecule has 26 heavy (non-hydrogen) atoms. The highest BCUT2D eigenvalue weighted by atomic mass is 16.5. The standard InChI is InChI=1S/C21H27N3O2/c1-16-19(17(2)26-22-16)13-24-15-21(20(24)25)10-6-11-23(14-21)12-9-18-7-4-3-5-8-18/h3-5,7-8H,6,9-15H2,1-2H3/t21-/m1/s1. The molecule has 0 radical (unpaired) electrons. The van der Waals surface area contributed by atoms with Gasteiger partial charge in [-0.05, 0) is 45.2 Å². The van der Waals surface area contributed by atoms with Crippen molar-refractivity contribution < 1.29 is 9.32 Å². The predicted octanol–water partition coefficient (Wildman–Crippen LogP) is 2.96. The number of hydrogen-bond acceptors (Lipinski definition) is 4. The van der Waals surface area contributed by atoms with Crippen molar-refractivity contribution in [2.24, 2.45) is 5.41 Å². The van der Waals surface area contributed by atoms with Crippen LogP contribution in [0.4, 0.5) is 0 Å². The summed E-state index contributed by atoms with van der Waals surface area (Å²) in [6.45, 7) is 8.38. The number of aromatic nitrogens is 1. The van der Waals surface area contributed by atoms with E-state index in [-0.39, 0.29) is 5.41 Å². The quantitative estimate of drug-likeness (QED) is 0.776. The van der Waals surface area contributed by atoms with E-state index >= 15 is 0 Å². The Morgan fingerprint density at radius 1 is 1.19 bits per heavy atom. The summed E-state index contributed by atoms with van der Waals surface area (Å²) in [6.07, 6.45) is 3.18. The van der Waals surface area contributed by atoms with E-state index in [2.05, 4.69) is 40.4 Å². The van der Waals surface area contributed by atoms with Gasteiger partial charge in [0.15, 0.2) is 0 Å². The minimum absolute atomic E-state index is 0.159. The van der Waals surface area contributed by atoms with E-state index < -0.39 is 0 Å². The average Bonchev–Trinajstić information content (AvgIpc) is 2.99. The minimum atomic E-state index is -0.159. The number of carbonyl (C=O) groups is 1. The Labute approximate surface area is 155 Å². The molecule has 2 aliphatic rings. The van der Waals surface area contributed by atoms with Crippen molar-refractivity contribution in [3.05, 3.63) is 52.9 Å². The lowest BCUT2D eigenvalue weighted by atomic mass is 9.72. The number of benzene rings is 1. The fourth-order valence-corrected chi connectivity index (χ4v) is 4.45. The van der Waals surface area contributed by atoms with Gasteiger partial charge in [0, 0.05) is 25.2 Å². The number of carbonyl (C=O) groups excluding carboxylic acids is 1. The SMILES string of the molecule is Cc1noc(C)c1CN1C[C@]2(CCCN(CCc3ccccc3)C2)C1=O. The summed E-state index contributed by atoms with van der Waals surface area (Å²) in [5, 5.41) is 4.00. The van der Waals surface area contributed by atoms with Crippen LogP contribution in [0, 0.1) is 19.3 Å². The number of likely N-dealkylation sites (tertiary alicyclic amines) is 2. The van der Waals surface area contributed by atoms with Crippen LogP contribution in [0.3, 0.4) is 0 Å². The average molecular weight is 353 g/mol. The third-order valence-corrected chi connectivity index (χ3v) is 5.98. The molecule has 2 fully saturated rings. The Bertz CT molecular complexity index is 766. The smallest absolute Gasteiger partial charge is 0.232 e. The topological polar surface area (TPSA) is 49.6 Å². The van der Waals surface area contributed by atoms with E-state index in [4.69, 9.17) is 4.52 Å². The Morgan fingerprint density at radius 2 is 2.00 bits per heavy atom. The molecule has 0 N–H and O–H groups in total. The number of rotatable bonds is 5. The zero-order valence-electron chi connectivity index (χ0n) is 15.7. The molecule has 1 amide bonds. The third-order valence-electron chi connectivity index (χ3n) is 5.98. The second kappa shape index (κ2) is 6.88. The van der Waals surface area contributed by atoms with Crippen molar-refractivity contribution in [3.63, 3.8) is 0 Å². The largest absolute Gasteiger partial charge is 0.361 e. The fraction of sp³-hybridized carbons (Fsp3) is 0.524. The highest BCUT2D eigenvalue weighted by Crippen LogP contribution is 2.41. The van der Waals surface area contributed by atoms with Gasteiger partial charge in [-0.25, -0.2) is 0 Å². The summed E-state index contributed by atoms with van der Waals surface area (Å²) in [4.78, 5) is 17.4. The maximum Gasteiger partial charge on any atom is 0.232 e. The molecule has 0 aliphatic carbocycles. The zero-order chi connectivity index (χ0) is 18.1. The molecule has 1 spiro atoms. The van der Waals surface area contributed by atoms with Gasteiger partial charge in [-0.15, -0.1) is 0 Å². The molecule has 1 atom stereocenters. The van der Waals surface area contributed by atoms with Crippen LogP contribution < -0.4 is 0 Å². The Hall–Kier alpha value is -2.14. The minimum Gasteiger partial charge on any atom is -0.361 e. The molecule has 1 aromatic heterocycles. The van der Waals surface area contributed by atoms with Crippen molar-refractivity contribution in [3.8, 4) is 0 Å². The number of nitrogens with zero attached hydrogens (tertiary/aromatic N) is 3. The lowest BCUT2D eigenvalue weighted by Crippen LogP contribution is -2.66. The van der Waals surface area contributed by atoms with Crippen LogP contribution in [0.2, 0.25) is 0 Å². The van der Waals surface area contributed by atoms with Gasteiger partial charge in [-0.1, -0.05) is 35.5 Å². The highest BCUT2D eigenvalue weighted by molar-refractivity contribution is 5.89. The molecule has 2 aliphatic heterocycles. The van der Waals surface area contributed by atoms with E-state index in [0.29, 0.717) is 12.5 Å². The van der Waals surface area contributed by atoms with E-state index in [1.165, 1.54) is 5.56 Å². The zero-order valence-corrected chi connectivity index (χ0v) is 15.7. The maximum atomic E-state index is 13.0. The molecular weight excluding hydrogens is 326 g/mol. The molecule has 1 aromatic carbocycles. The van der Waals surface area contributed by atoms with Gasteiger partial charge >= 0.3 is 0 Å². The molecule has 0 unspecified atom stereocenters. The molecule has 5 nitrogen and oxygen atoms in total. The molecule has 138 valence electrons. The van der Waals surface area contributed by atoms with Crippen molar-refractivity contribution in [1.29, 1.82) is 0 Å². The summed E-state index contributed by atoms with van der Waals surface area (Å²) in [5.41, 5.74) is 3.16. The first-order valence-corrected chi connectivity index (χ1v) is 9.55. The molecular formula is C21H27N3O2. The van der Waals surface area contributed by atoms with Crippen LogP contribution in [0.15, 0.2) is 34.9 Å². The number of β-lactam (4-membered cyclic amide) rings is 1. The molecule has 0 saturated carbocycles. The lowest BCUT2D eigenvalue weighted by Gasteiger charge is -2.53. The van der Waals surface area contributed by atoms with Crippen LogP contribution in [0.25, 0.3) is 0 Å². The third kappa shape index (κ3) is 3.16. The summed E-state index contributed by atoms with van der Waals surface area (Å²) >= 11 is 0. The molecule has 3 heterocycles. The van der Waals surface area contributed by atoms with Crippen molar-refractivity contribution >= 4 is 5.91 Å².